The first kappa shape index (κ1) is 18.9. The minimum absolute atomic E-state index is 0.324. The molecule has 1 aliphatic carbocycles. The lowest BCUT2D eigenvalue weighted by atomic mass is 9.96. The fourth-order valence-electron chi connectivity index (χ4n) is 3.69. The van der Waals surface area contributed by atoms with E-state index in [1.807, 2.05) is 19.1 Å². The molecule has 0 atom stereocenters. The van der Waals surface area contributed by atoms with E-state index in [-0.39, 0.29) is 5.91 Å². The summed E-state index contributed by atoms with van der Waals surface area (Å²) in [5, 5.41) is 4.21. The monoisotopic (exact) mass is 414 g/mol. The molecule has 0 bridgehead atoms. The lowest BCUT2D eigenvalue weighted by molar-refractivity contribution is 0.100. The van der Waals surface area contributed by atoms with Crippen molar-refractivity contribution >= 4 is 55.4 Å². The number of nitrogens with zero attached hydrogens (tertiary/aromatic N) is 1. The number of amides is 2. The van der Waals surface area contributed by atoms with E-state index in [4.69, 9.17) is 11.5 Å². The van der Waals surface area contributed by atoms with Crippen molar-refractivity contribution in [2.45, 2.75) is 45.4 Å². The quantitative estimate of drug-likeness (QED) is 0.594. The number of carbonyl (C=O) groups excluding carboxylic acids is 2. The molecule has 0 saturated carbocycles. The number of anilines is 2. The molecule has 146 valence electrons. The van der Waals surface area contributed by atoms with Crippen LogP contribution in [0.25, 0.3) is 10.2 Å². The predicted molar refractivity (Wildman–Crippen MR) is 115 cm³/mol. The van der Waals surface area contributed by atoms with Crippen molar-refractivity contribution in [1.29, 1.82) is 0 Å². The van der Waals surface area contributed by atoms with Gasteiger partial charge in [0.1, 0.15) is 14.7 Å². The van der Waals surface area contributed by atoms with Crippen LogP contribution in [0.4, 0.5) is 10.7 Å². The fourth-order valence-corrected chi connectivity index (χ4v) is 6.01. The lowest BCUT2D eigenvalue weighted by Crippen LogP contribution is -2.18. The molecule has 0 radical (unpaired) electrons. The largest absolute Gasteiger partial charge is 0.397 e. The maximum absolute atomic E-state index is 13.0. The van der Waals surface area contributed by atoms with E-state index in [0.717, 1.165) is 58.5 Å². The highest BCUT2D eigenvalue weighted by atomic mass is 32.1. The fraction of sp³-hybridized carbons (Fsp3) is 0.350. The number of thiophene rings is 2. The molecule has 2 amide bonds. The average molecular weight is 415 g/mol. The number of primary amides is 1. The smallest absolute Gasteiger partial charge is 0.268 e. The highest BCUT2D eigenvalue weighted by molar-refractivity contribution is 7.21. The molecule has 0 spiro atoms. The molecule has 6 nitrogen and oxygen atoms in total. The number of hydrogen-bond donors (Lipinski definition) is 3. The van der Waals surface area contributed by atoms with Crippen molar-refractivity contribution in [3.05, 3.63) is 38.7 Å². The lowest BCUT2D eigenvalue weighted by Gasteiger charge is -2.10. The van der Waals surface area contributed by atoms with Crippen LogP contribution in [0.5, 0.6) is 0 Å². The summed E-state index contributed by atoms with van der Waals surface area (Å²) in [6.07, 6.45) is 6.22. The number of fused-ring (bicyclic) bond motifs is 2. The Morgan fingerprint density at radius 3 is 2.61 bits per heavy atom. The van der Waals surface area contributed by atoms with Crippen molar-refractivity contribution in [3.63, 3.8) is 0 Å². The summed E-state index contributed by atoms with van der Waals surface area (Å²) < 4.78 is 0. The number of aromatic nitrogens is 1. The van der Waals surface area contributed by atoms with Gasteiger partial charge >= 0.3 is 0 Å². The minimum Gasteiger partial charge on any atom is -0.397 e. The maximum Gasteiger partial charge on any atom is 0.268 e. The molecule has 5 N–H and O–H groups in total. The topological polar surface area (TPSA) is 111 Å². The van der Waals surface area contributed by atoms with E-state index in [2.05, 4.69) is 10.3 Å². The Hall–Kier alpha value is -2.45. The van der Waals surface area contributed by atoms with E-state index < -0.39 is 5.91 Å². The van der Waals surface area contributed by atoms with E-state index in [1.54, 1.807) is 0 Å². The molecule has 3 aromatic heterocycles. The Morgan fingerprint density at radius 2 is 1.86 bits per heavy atom. The molecule has 1 aliphatic rings. The van der Waals surface area contributed by atoms with Gasteiger partial charge < -0.3 is 16.8 Å². The summed E-state index contributed by atoms with van der Waals surface area (Å²) in [5.41, 5.74) is 14.6. The van der Waals surface area contributed by atoms with Crippen LogP contribution in [0, 0.1) is 6.92 Å². The molecule has 0 aliphatic heterocycles. The van der Waals surface area contributed by atoms with Crippen molar-refractivity contribution in [2.24, 2.45) is 5.73 Å². The van der Waals surface area contributed by atoms with Crippen LogP contribution in [-0.2, 0) is 12.8 Å². The van der Waals surface area contributed by atoms with Gasteiger partial charge in [-0.2, -0.15) is 0 Å². The molecule has 3 heterocycles. The van der Waals surface area contributed by atoms with Gasteiger partial charge in [0.15, 0.2) is 0 Å². The van der Waals surface area contributed by atoms with Crippen LogP contribution >= 0.6 is 22.7 Å². The van der Waals surface area contributed by atoms with Crippen LogP contribution in [0.15, 0.2) is 12.1 Å². The zero-order valence-electron chi connectivity index (χ0n) is 15.6. The van der Waals surface area contributed by atoms with Crippen LogP contribution < -0.4 is 16.8 Å². The van der Waals surface area contributed by atoms with Crippen LogP contribution in [0.1, 0.15) is 61.8 Å². The number of nitrogens with one attached hydrogen (secondary N) is 1. The molecule has 0 saturated heterocycles. The third-order valence-electron chi connectivity index (χ3n) is 5.08. The van der Waals surface area contributed by atoms with Crippen molar-refractivity contribution < 1.29 is 9.59 Å². The second-order valence-corrected chi connectivity index (χ2v) is 9.19. The minimum atomic E-state index is -0.491. The number of aryl methyl sites for hydroxylation is 2. The van der Waals surface area contributed by atoms with E-state index in [0.29, 0.717) is 21.1 Å². The third-order valence-corrected chi connectivity index (χ3v) is 7.41. The first-order valence-corrected chi connectivity index (χ1v) is 11.0. The van der Waals surface area contributed by atoms with Gasteiger partial charge in [-0.05, 0) is 50.3 Å². The number of hydrogen-bond acceptors (Lipinski definition) is 6. The van der Waals surface area contributed by atoms with Crippen molar-refractivity contribution in [1.82, 2.24) is 4.98 Å². The van der Waals surface area contributed by atoms with E-state index in [9.17, 15) is 9.59 Å². The Balaban J connectivity index is 1.71. The molecular weight excluding hydrogens is 392 g/mol. The summed E-state index contributed by atoms with van der Waals surface area (Å²) in [5.74, 6) is -0.815. The number of rotatable bonds is 3. The SMILES string of the molecule is Cc1ccc2c(N)c(C(=O)Nc3sc4c(c3C(N)=O)CCCCCC4)sc2n1. The van der Waals surface area contributed by atoms with Gasteiger partial charge in [-0.25, -0.2) is 4.98 Å². The van der Waals surface area contributed by atoms with Crippen LogP contribution in [0.3, 0.4) is 0 Å². The second-order valence-electron chi connectivity index (χ2n) is 7.09. The van der Waals surface area contributed by atoms with Gasteiger partial charge in [0.05, 0.1) is 11.3 Å². The first-order valence-electron chi connectivity index (χ1n) is 9.37. The van der Waals surface area contributed by atoms with Gasteiger partial charge in [0.25, 0.3) is 11.8 Å². The molecule has 0 unspecified atom stereocenters. The average Bonchev–Trinajstić information content (AvgIpc) is 3.12. The molecule has 4 rings (SSSR count). The van der Waals surface area contributed by atoms with Gasteiger partial charge in [-0.3, -0.25) is 9.59 Å². The summed E-state index contributed by atoms with van der Waals surface area (Å²) in [6, 6.07) is 3.75. The summed E-state index contributed by atoms with van der Waals surface area (Å²) in [6.45, 7) is 1.90. The number of carbonyl (C=O) groups is 2. The molecule has 28 heavy (non-hydrogen) atoms. The number of nitrogen functional groups attached to an aromatic ring is 1. The van der Waals surface area contributed by atoms with E-state index in [1.165, 1.54) is 29.1 Å². The summed E-state index contributed by atoms with van der Waals surface area (Å²) >= 11 is 2.73. The van der Waals surface area contributed by atoms with Gasteiger partial charge in [0, 0.05) is 16.0 Å². The first-order chi connectivity index (χ1) is 13.5. The molecule has 0 aromatic carbocycles. The molecular formula is C20H22N4O2S2. The normalized spacial score (nSPS) is 14.3. The van der Waals surface area contributed by atoms with Gasteiger partial charge in [-0.15, -0.1) is 22.7 Å². The van der Waals surface area contributed by atoms with Crippen molar-refractivity contribution in [2.75, 3.05) is 11.1 Å². The molecule has 8 heteroatoms. The highest BCUT2D eigenvalue weighted by Gasteiger charge is 2.25. The Labute approximate surface area is 171 Å². The van der Waals surface area contributed by atoms with Gasteiger partial charge in [0.2, 0.25) is 0 Å². The second kappa shape index (κ2) is 7.52. The Morgan fingerprint density at radius 1 is 1.11 bits per heavy atom. The molecule has 3 aromatic rings. The van der Waals surface area contributed by atoms with Crippen molar-refractivity contribution in [3.8, 4) is 0 Å². The van der Waals surface area contributed by atoms with Crippen LogP contribution in [0.2, 0.25) is 0 Å². The van der Waals surface area contributed by atoms with E-state index >= 15 is 0 Å². The standard InChI is InChI=1S/C20H22N4O2S2/c1-10-8-9-12-15(21)16(28-19(12)23-10)18(26)24-20-14(17(22)25)11-6-4-2-3-5-7-13(11)27-20/h8-9H,2-7,21H2,1H3,(H2,22,25)(H,24,26). The Kier molecular flexibility index (Phi) is 5.07. The Bertz CT molecular complexity index is 1080. The number of nitrogens with two attached hydrogens (primary N) is 2. The molecule has 0 fully saturated rings. The zero-order valence-corrected chi connectivity index (χ0v) is 17.3. The summed E-state index contributed by atoms with van der Waals surface area (Å²) in [4.78, 5) is 31.9. The zero-order chi connectivity index (χ0) is 19.8. The van der Waals surface area contributed by atoms with Gasteiger partial charge in [-0.1, -0.05) is 12.8 Å². The van der Waals surface area contributed by atoms with Crippen LogP contribution in [-0.4, -0.2) is 16.8 Å². The predicted octanol–water partition coefficient (Wildman–Crippen LogP) is 4.26. The maximum atomic E-state index is 13.0. The third kappa shape index (κ3) is 3.38. The number of pyridine rings is 1. The highest BCUT2D eigenvalue weighted by Crippen LogP contribution is 2.38. The summed E-state index contributed by atoms with van der Waals surface area (Å²) in [7, 11) is 0.